The molecule has 0 aromatic heterocycles. The number of piperidine rings is 1. The van der Waals surface area contributed by atoms with Crippen molar-refractivity contribution in [1.29, 1.82) is 0 Å². The van der Waals surface area contributed by atoms with Gasteiger partial charge >= 0.3 is 0 Å². The minimum absolute atomic E-state index is 0.0370. The summed E-state index contributed by atoms with van der Waals surface area (Å²) < 4.78 is 13.2. The molecule has 1 spiro atoms. The number of fused-ring (bicyclic) bond motifs is 1. The molecule has 0 bridgehead atoms. The molecule has 2 fully saturated rings. The maximum atomic E-state index is 13.2. The van der Waals surface area contributed by atoms with Crippen LogP contribution in [-0.2, 0) is 17.9 Å². The Morgan fingerprint density at radius 1 is 1.00 bits per heavy atom. The zero-order valence-electron chi connectivity index (χ0n) is 18.4. The van der Waals surface area contributed by atoms with E-state index in [-0.39, 0.29) is 23.0 Å². The first-order valence-corrected chi connectivity index (χ1v) is 11.6. The van der Waals surface area contributed by atoms with Gasteiger partial charge in [-0.3, -0.25) is 14.5 Å². The average Bonchev–Trinajstić information content (AvgIpc) is 3.35. The quantitative estimate of drug-likeness (QED) is 0.720. The third kappa shape index (κ3) is 4.29. The summed E-state index contributed by atoms with van der Waals surface area (Å²) >= 11 is 0. The van der Waals surface area contributed by atoms with Crippen molar-refractivity contribution in [1.82, 2.24) is 14.7 Å². The first-order valence-electron chi connectivity index (χ1n) is 11.6. The Bertz CT molecular complexity index is 1010. The van der Waals surface area contributed by atoms with Gasteiger partial charge in [0.2, 0.25) is 5.91 Å². The van der Waals surface area contributed by atoms with Gasteiger partial charge in [-0.25, -0.2) is 4.39 Å². The van der Waals surface area contributed by atoms with Gasteiger partial charge in [-0.05, 0) is 55.1 Å². The number of amides is 2. The van der Waals surface area contributed by atoms with Crippen molar-refractivity contribution >= 4 is 11.8 Å². The summed E-state index contributed by atoms with van der Waals surface area (Å²) in [5.74, 6) is -0.00961. The lowest BCUT2D eigenvalue weighted by molar-refractivity contribution is -0.131. The Kier molecular flexibility index (Phi) is 5.72. The fourth-order valence-corrected chi connectivity index (χ4v) is 5.66. The Morgan fingerprint density at radius 2 is 1.81 bits per heavy atom. The topological polar surface area (TPSA) is 43.9 Å². The number of carbonyl (C=O) groups excluding carboxylic acids is 2. The van der Waals surface area contributed by atoms with Gasteiger partial charge in [0, 0.05) is 56.7 Å². The second-order valence-electron chi connectivity index (χ2n) is 9.64. The van der Waals surface area contributed by atoms with Crippen LogP contribution in [0.1, 0.15) is 47.2 Å². The van der Waals surface area contributed by atoms with Crippen molar-refractivity contribution < 1.29 is 14.0 Å². The molecule has 0 radical (unpaired) electrons. The first kappa shape index (κ1) is 21.1. The molecule has 5 nitrogen and oxygen atoms in total. The predicted octanol–water partition coefficient (Wildman–Crippen LogP) is 3.69. The van der Waals surface area contributed by atoms with Crippen molar-refractivity contribution in [2.24, 2.45) is 5.41 Å². The Morgan fingerprint density at radius 3 is 2.62 bits per heavy atom. The fourth-order valence-electron chi connectivity index (χ4n) is 5.66. The minimum atomic E-state index is -0.201. The zero-order chi connectivity index (χ0) is 22.1. The molecule has 2 amide bonds. The van der Waals surface area contributed by atoms with E-state index in [0.29, 0.717) is 19.5 Å². The molecule has 1 atom stereocenters. The highest BCUT2D eigenvalue weighted by Crippen LogP contribution is 2.39. The van der Waals surface area contributed by atoms with Crippen molar-refractivity contribution in [3.8, 4) is 0 Å². The number of carbonyl (C=O) groups is 2. The van der Waals surface area contributed by atoms with Crippen LogP contribution in [0.15, 0.2) is 48.5 Å². The lowest BCUT2D eigenvalue weighted by atomic mass is 9.79. The molecular formula is C26H30FN3O2. The smallest absolute Gasteiger partial charge is 0.254 e. The summed E-state index contributed by atoms with van der Waals surface area (Å²) in [6.45, 7) is 5.54. The SMILES string of the molecule is O=C(CCN1Cc2ccccc2C1=O)N1CCC2(CCCN(Cc3ccc(F)cc3)C2)C1. The molecule has 32 heavy (non-hydrogen) atoms. The molecule has 0 saturated carbocycles. The standard InChI is InChI=1S/C26H30FN3O2/c27-22-8-6-20(7-9-22)16-28-13-3-11-26(18-28)12-15-30(19-26)24(31)10-14-29-17-21-4-1-2-5-23(21)25(29)32/h1-2,4-9H,3,10-19H2. The van der Waals surface area contributed by atoms with Crippen LogP contribution >= 0.6 is 0 Å². The van der Waals surface area contributed by atoms with Crippen LogP contribution in [0.4, 0.5) is 4.39 Å². The van der Waals surface area contributed by atoms with Gasteiger partial charge in [0.05, 0.1) is 0 Å². The van der Waals surface area contributed by atoms with Crippen molar-refractivity contribution in [2.75, 3.05) is 32.7 Å². The third-order valence-corrected chi connectivity index (χ3v) is 7.34. The van der Waals surface area contributed by atoms with E-state index in [0.717, 1.165) is 68.7 Å². The third-order valence-electron chi connectivity index (χ3n) is 7.34. The molecular weight excluding hydrogens is 405 g/mol. The monoisotopic (exact) mass is 435 g/mol. The molecule has 2 saturated heterocycles. The Hall–Kier alpha value is -2.73. The van der Waals surface area contributed by atoms with Gasteiger partial charge in [-0.1, -0.05) is 30.3 Å². The number of likely N-dealkylation sites (tertiary alicyclic amines) is 2. The highest BCUT2D eigenvalue weighted by molar-refractivity contribution is 5.98. The summed E-state index contributed by atoms with van der Waals surface area (Å²) in [6, 6.07) is 14.5. The Balaban J connectivity index is 1.14. The first-order chi connectivity index (χ1) is 15.5. The second-order valence-corrected chi connectivity index (χ2v) is 9.64. The van der Waals surface area contributed by atoms with Crippen molar-refractivity contribution in [3.63, 3.8) is 0 Å². The molecule has 2 aromatic carbocycles. The number of benzene rings is 2. The molecule has 0 aliphatic carbocycles. The van der Waals surface area contributed by atoms with E-state index in [9.17, 15) is 14.0 Å². The number of rotatable bonds is 5. The molecule has 3 heterocycles. The number of hydrogen-bond donors (Lipinski definition) is 0. The summed E-state index contributed by atoms with van der Waals surface area (Å²) in [6.07, 6.45) is 3.70. The largest absolute Gasteiger partial charge is 0.342 e. The van der Waals surface area contributed by atoms with Crippen LogP contribution in [0, 0.1) is 11.2 Å². The lowest BCUT2D eigenvalue weighted by Gasteiger charge is -2.40. The van der Waals surface area contributed by atoms with Crippen LogP contribution in [0.5, 0.6) is 0 Å². The van der Waals surface area contributed by atoms with Gasteiger partial charge in [-0.15, -0.1) is 0 Å². The van der Waals surface area contributed by atoms with E-state index in [2.05, 4.69) is 4.90 Å². The summed E-state index contributed by atoms with van der Waals surface area (Å²) in [5, 5.41) is 0. The second kappa shape index (κ2) is 8.66. The molecule has 0 N–H and O–H groups in total. The molecule has 1 unspecified atom stereocenters. The van der Waals surface area contributed by atoms with Crippen LogP contribution < -0.4 is 0 Å². The number of nitrogens with zero attached hydrogens (tertiary/aromatic N) is 3. The molecule has 3 aliphatic heterocycles. The van der Waals surface area contributed by atoms with E-state index in [4.69, 9.17) is 0 Å². The highest BCUT2D eigenvalue weighted by Gasteiger charge is 2.42. The summed E-state index contributed by atoms with van der Waals surface area (Å²) in [7, 11) is 0. The molecule has 168 valence electrons. The zero-order valence-corrected chi connectivity index (χ0v) is 18.4. The summed E-state index contributed by atoms with van der Waals surface area (Å²) in [4.78, 5) is 31.8. The Labute approximate surface area is 188 Å². The maximum Gasteiger partial charge on any atom is 0.254 e. The van der Waals surface area contributed by atoms with Crippen molar-refractivity contribution in [2.45, 2.75) is 38.8 Å². The fraction of sp³-hybridized carbons (Fsp3) is 0.462. The van der Waals surface area contributed by atoms with Gasteiger partial charge in [0.1, 0.15) is 5.82 Å². The van der Waals surface area contributed by atoms with Crippen LogP contribution in [0.25, 0.3) is 0 Å². The van der Waals surface area contributed by atoms with Crippen molar-refractivity contribution in [3.05, 3.63) is 71.0 Å². The van der Waals surface area contributed by atoms with Gasteiger partial charge in [0.15, 0.2) is 0 Å². The molecule has 3 aliphatic rings. The summed E-state index contributed by atoms with van der Waals surface area (Å²) in [5.41, 5.74) is 3.11. The van der Waals surface area contributed by atoms with E-state index in [1.54, 1.807) is 4.90 Å². The lowest BCUT2D eigenvalue weighted by Crippen LogP contribution is -2.45. The highest BCUT2D eigenvalue weighted by atomic mass is 19.1. The van der Waals surface area contributed by atoms with E-state index < -0.39 is 0 Å². The van der Waals surface area contributed by atoms with Gasteiger partial charge < -0.3 is 9.80 Å². The average molecular weight is 436 g/mol. The number of halogens is 1. The maximum absolute atomic E-state index is 13.2. The molecule has 5 rings (SSSR count). The van der Waals surface area contributed by atoms with Gasteiger partial charge in [0.25, 0.3) is 5.91 Å². The molecule has 2 aromatic rings. The molecule has 6 heteroatoms. The van der Waals surface area contributed by atoms with E-state index in [1.165, 1.54) is 12.1 Å². The normalized spacial score (nSPS) is 23.2. The minimum Gasteiger partial charge on any atom is -0.342 e. The van der Waals surface area contributed by atoms with Crippen LogP contribution in [0.3, 0.4) is 0 Å². The van der Waals surface area contributed by atoms with E-state index in [1.807, 2.05) is 41.3 Å². The van der Waals surface area contributed by atoms with Crippen LogP contribution in [-0.4, -0.2) is 59.2 Å². The van der Waals surface area contributed by atoms with Gasteiger partial charge in [-0.2, -0.15) is 0 Å². The predicted molar refractivity (Wildman–Crippen MR) is 120 cm³/mol. The number of hydrogen-bond acceptors (Lipinski definition) is 3. The van der Waals surface area contributed by atoms with Crippen LogP contribution in [0.2, 0.25) is 0 Å². The van der Waals surface area contributed by atoms with E-state index >= 15 is 0 Å².